The number of aromatic nitrogens is 1. The Balaban J connectivity index is 1.35. The lowest BCUT2D eigenvalue weighted by molar-refractivity contribution is 0.0916. The van der Waals surface area contributed by atoms with Gasteiger partial charge in [0.25, 0.3) is 5.91 Å². The summed E-state index contributed by atoms with van der Waals surface area (Å²) in [6.07, 6.45) is 2.45. The summed E-state index contributed by atoms with van der Waals surface area (Å²) in [7, 11) is 1.63. The van der Waals surface area contributed by atoms with Crippen LogP contribution in [0.1, 0.15) is 15.9 Å². The van der Waals surface area contributed by atoms with Crippen molar-refractivity contribution in [2.24, 2.45) is 0 Å². The van der Waals surface area contributed by atoms with Crippen LogP contribution in [0.3, 0.4) is 0 Å². The van der Waals surface area contributed by atoms with Crippen molar-refractivity contribution < 1.29 is 19.1 Å². The minimum absolute atomic E-state index is 0.156. The number of fused-ring (bicyclic) bond motifs is 2. The van der Waals surface area contributed by atoms with Gasteiger partial charge in [0, 0.05) is 33.6 Å². The Hall–Kier alpha value is -4.03. The monoisotopic (exact) mass is 440 g/mol. The number of aliphatic hydroxyl groups is 1. The molecule has 1 amide bonds. The quantitative estimate of drug-likeness (QED) is 0.335. The number of benzene rings is 3. The number of amides is 1. The molecule has 3 aromatic carbocycles. The van der Waals surface area contributed by atoms with Gasteiger partial charge in [-0.1, -0.05) is 30.3 Å². The molecule has 2 heterocycles. The topological polar surface area (TPSA) is 87.5 Å². The van der Waals surface area contributed by atoms with Gasteiger partial charge in [-0.15, -0.1) is 0 Å². The molecule has 1 unspecified atom stereocenters. The summed E-state index contributed by atoms with van der Waals surface area (Å²) in [4.78, 5) is 16.2. The predicted molar refractivity (Wildman–Crippen MR) is 129 cm³/mol. The lowest BCUT2D eigenvalue weighted by atomic mass is 10.0. The largest absolute Gasteiger partial charge is 0.497 e. The van der Waals surface area contributed by atoms with Crippen molar-refractivity contribution in [3.63, 3.8) is 0 Å². The number of aromatic amines is 1. The zero-order valence-electron chi connectivity index (χ0n) is 18.2. The van der Waals surface area contributed by atoms with E-state index in [-0.39, 0.29) is 12.5 Å². The summed E-state index contributed by atoms with van der Waals surface area (Å²) >= 11 is 0. The van der Waals surface area contributed by atoms with E-state index in [1.165, 1.54) is 0 Å². The normalized spacial score (nSPS) is 12.2. The number of rotatable bonds is 7. The first-order valence-corrected chi connectivity index (χ1v) is 10.8. The average molecular weight is 440 g/mol. The number of methoxy groups -OCH3 is 1. The lowest BCUT2D eigenvalue weighted by Gasteiger charge is -2.16. The molecular formula is C27H24N2O4. The number of carbonyl (C=O) groups excluding carboxylic acids is 1. The molecule has 5 rings (SSSR count). The van der Waals surface area contributed by atoms with E-state index in [1.54, 1.807) is 19.2 Å². The number of hydrogen-bond acceptors (Lipinski definition) is 4. The van der Waals surface area contributed by atoms with E-state index in [9.17, 15) is 9.90 Å². The van der Waals surface area contributed by atoms with Crippen LogP contribution in [0.15, 0.2) is 83.4 Å². The van der Waals surface area contributed by atoms with E-state index in [0.29, 0.717) is 17.7 Å². The van der Waals surface area contributed by atoms with Crippen LogP contribution in [0.4, 0.5) is 0 Å². The van der Waals surface area contributed by atoms with Crippen molar-refractivity contribution in [3.8, 4) is 17.1 Å². The maximum Gasteiger partial charge on any atom is 0.251 e. The number of nitrogens with one attached hydrogen (secondary N) is 2. The fourth-order valence-electron chi connectivity index (χ4n) is 4.10. The molecule has 0 radical (unpaired) electrons. The standard InChI is InChI=1S/C27H24N2O4/c1-32-22-9-10-25-19(13-22)14-26(33-25)17-5-4-6-18(11-17)27(31)29-21(16-30)12-20-15-28-24-8-3-2-7-23(20)24/h2-11,13-15,21,28,30H,12,16H2,1H3,(H,29,31). The molecule has 33 heavy (non-hydrogen) atoms. The van der Waals surface area contributed by atoms with Gasteiger partial charge in [-0.2, -0.15) is 0 Å². The van der Waals surface area contributed by atoms with Crippen LogP contribution in [0.25, 0.3) is 33.2 Å². The third kappa shape index (κ3) is 4.21. The molecule has 6 nitrogen and oxygen atoms in total. The molecule has 6 heteroatoms. The Morgan fingerprint density at radius 3 is 2.82 bits per heavy atom. The first kappa shape index (κ1) is 20.8. The number of aliphatic hydroxyl groups excluding tert-OH is 1. The van der Waals surface area contributed by atoms with Crippen molar-refractivity contribution in [1.82, 2.24) is 10.3 Å². The molecule has 2 aromatic heterocycles. The van der Waals surface area contributed by atoms with Gasteiger partial charge >= 0.3 is 0 Å². The Morgan fingerprint density at radius 2 is 1.97 bits per heavy atom. The Kier molecular flexibility index (Phi) is 5.59. The van der Waals surface area contributed by atoms with Crippen LogP contribution in [-0.2, 0) is 6.42 Å². The first-order chi connectivity index (χ1) is 16.1. The molecule has 0 saturated heterocycles. The summed E-state index contributed by atoms with van der Waals surface area (Å²) in [5, 5.41) is 14.9. The zero-order chi connectivity index (χ0) is 22.8. The number of carbonyl (C=O) groups is 1. The summed E-state index contributed by atoms with van der Waals surface area (Å²) in [5.41, 5.74) is 4.14. The minimum Gasteiger partial charge on any atom is -0.497 e. The lowest BCUT2D eigenvalue weighted by Crippen LogP contribution is -2.39. The van der Waals surface area contributed by atoms with Crippen LogP contribution >= 0.6 is 0 Å². The third-order valence-electron chi connectivity index (χ3n) is 5.83. The molecule has 0 spiro atoms. The molecule has 3 N–H and O–H groups in total. The molecule has 0 aliphatic carbocycles. The molecule has 0 aliphatic rings. The molecule has 5 aromatic rings. The highest BCUT2D eigenvalue weighted by atomic mass is 16.5. The number of hydrogen-bond donors (Lipinski definition) is 3. The molecular weight excluding hydrogens is 416 g/mol. The average Bonchev–Trinajstić information content (AvgIpc) is 3.47. The van der Waals surface area contributed by atoms with Gasteiger partial charge in [0.1, 0.15) is 17.1 Å². The second-order valence-electron chi connectivity index (χ2n) is 8.01. The fraction of sp³-hybridized carbons (Fsp3) is 0.148. The van der Waals surface area contributed by atoms with Gasteiger partial charge in [0.2, 0.25) is 0 Å². The first-order valence-electron chi connectivity index (χ1n) is 10.8. The zero-order valence-corrected chi connectivity index (χ0v) is 18.2. The van der Waals surface area contributed by atoms with Gasteiger partial charge in [-0.3, -0.25) is 4.79 Å². The molecule has 0 bridgehead atoms. The second-order valence-corrected chi connectivity index (χ2v) is 8.01. The smallest absolute Gasteiger partial charge is 0.251 e. The Labute approximate surface area is 190 Å². The van der Waals surface area contributed by atoms with Gasteiger partial charge in [0.15, 0.2) is 0 Å². The van der Waals surface area contributed by atoms with E-state index in [0.717, 1.165) is 38.7 Å². The van der Waals surface area contributed by atoms with E-state index in [4.69, 9.17) is 9.15 Å². The van der Waals surface area contributed by atoms with Crippen molar-refractivity contribution in [1.29, 1.82) is 0 Å². The maximum atomic E-state index is 13.0. The molecule has 0 fully saturated rings. The summed E-state index contributed by atoms with van der Waals surface area (Å²) < 4.78 is 11.3. The molecule has 166 valence electrons. The van der Waals surface area contributed by atoms with E-state index in [2.05, 4.69) is 10.3 Å². The van der Waals surface area contributed by atoms with E-state index in [1.807, 2.05) is 66.9 Å². The highest BCUT2D eigenvalue weighted by molar-refractivity contribution is 5.96. The number of furan rings is 1. The fourth-order valence-corrected chi connectivity index (χ4v) is 4.10. The molecule has 0 saturated carbocycles. The maximum absolute atomic E-state index is 13.0. The van der Waals surface area contributed by atoms with Gasteiger partial charge < -0.3 is 24.6 Å². The summed E-state index contributed by atoms with van der Waals surface area (Å²) in [6, 6.07) is 22.4. The van der Waals surface area contributed by atoms with Crippen LogP contribution in [0.2, 0.25) is 0 Å². The van der Waals surface area contributed by atoms with Crippen LogP contribution < -0.4 is 10.1 Å². The van der Waals surface area contributed by atoms with Crippen molar-refractivity contribution in [2.75, 3.05) is 13.7 Å². The second kappa shape index (κ2) is 8.84. The summed E-state index contributed by atoms with van der Waals surface area (Å²) in [5.74, 6) is 1.19. The molecule has 1 atom stereocenters. The van der Waals surface area contributed by atoms with Crippen molar-refractivity contribution in [2.45, 2.75) is 12.5 Å². The van der Waals surface area contributed by atoms with E-state index >= 15 is 0 Å². The van der Waals surface area contributed by atoms with Crippen LogP contribution in [-0.4, -0.2) is 35.8 Å². The van der Waals surface area contributed by atoms with Gasteiger partial charge in [-0.05, 0) is 54.4 Å². The number of ether oxygens (including phenoxy) is 1. The third-order valence-corrected chi connectivity index (χ3v) is 5.83. The Morgan fingerprint density at radius 1 is 1.09 bits per heavy atom. The Bertz CT molecular complexity index is 1430. The van der Waals surface area contributed by atoms with Crippen LogP contribution in [0, 0.1) is 0 Å². The van der Waals surface area contributed by atoms with Crippen LogP contribution in [0.5, 0.6) is 5.75 Å². The van der Waals surface area contributed by atoms with Gasteiger partial charge in [-0.25, -0.2) is 0 Å². The SMILES string of the molecule is COc1ccc2oc(-c3cccc(C(=O)NC(CO)Cc4c[nH]c5ccccc45)c3)cc2c1. The highest BCUT2D eigenvalue weighted by Crippen LogP contribution is 2.30. The highest BCUT2D eigenvalue weighted by Gasteiger charge is 2.17. The van der Waals surface area contributed by atoms with E-state index < -0.39 is 6.04 Å². The minimum atomic E-state index is -0.404. The van der Waals surface area contributed by atoms with Crippen molar-refractivity contribution >= 4 is 27.8 Å². The van der Waals surface area contributed by atoms with Gasteiger partial charge in [0.05, 0.1) is 19.8 Å². The number of para-hydroxylation sites is 1. The predicted octanol–water partition coefficient (Wildman–Crippen LogP) is 4.92. The molecule has 0 aliphatic heterocycles. The van der Waals surface area contributed by atoms with Crippen molar-refractivity contribution in [3.05, 3.63) is 90.1 Å². The summed E-state index contributed by atoms with van der Waals surface area (Å²) in [6.45, 7) is -0.156. The number of H-pyrrole nitrogens is 1.